The van der Waals surface area contributed by atoms with Gasteiger partial charge >= 0.3 is 12.3 Å². The average Bonchev–Trinajstić information content (AvgIpc) is 3.31. The Kier molecular flexibility index (Phi) is 6.38. The minimum atomic E-state index is -4.46. The van der Waals surface area contributed by atoms with E-state index in [-0.39, 0.29) is 24.8 Å². The van der Waals surface area contributed by atoms with E-state index in [0.717, 1.165) is 49.9 Å². The Balaban J connectivity index is 1.28. The molecule has 2 aliphatic heterocycles. The SMILES string of the molecule is O=C(NC1CCCCC1)O[C@@H]1CO[C@H]2[C@@H]1OC[C@@H]2NC(=O)c1ccc(C(F)(F)F)cc1. The highest BCUT2D eigenvalue weighted by Gasteiger charge is 2.50. The number of alkyl halides is 3. The summed E-state index contributed by atoms with van der Waals surface area (Å²) in [5.74, 6) is -0.522. The molecule has 2 saturated heterocycles. The number of carbonyl (C=O) groups excluding carboxylic acids is 2. The van der Waals surface area contributed by atoms with Crippen molar-refractivity contribution >= 4 is 12.0 Å². The third kappa shape index (κ3) is 5.12. The maximum atomic E-state index is 12.7. The number of carbonyl (C=O) groups is 2. The number of ether oxygens (including phenoxy) is 3. The fraction of sp³-hybridized carbons (Fsp3) is 0.619. The zero-order valence-corrected chi connectivity index (χ0v) is 16.8. The standard InChI is InChI=1S/C21H25F3N2O5/c22-21(23,24)13-8-6-12(7-9-13)19(27)26-15-10-29-18-16(11-30-17(15)18)31-20(28)25-14-4-2-1-3-5-14/h6-9,14-18H,1-5,10-11H2,(H,25,28)(H,26,27)/t15-,16+,17+,18+/m0/s1. The van der Waals surface area contributed by atoms with E-state index in [9.17, 15) is 22.8 Å². The van der Waals surface area contributed by atoms with Gasteiger partial charge in [-0.05, 0) is 37.1 Å². The first-order chi connectivity index (χ1) is 14.8. The Hall–Kier alpha value is -2.33. The van der Waals surface area contributed by atoms with Gasteiger partial charge in [0, 0.05) is 11.6 Å². The van der Waals surface area contributed by atoms with Crippen LogP contribution in [0.25, 0.3) is 0 Å². The van der Waals surface area contributed by atoms with Crippen molar-refractivity contribution in [1.82, 2.24) is 10.6 Å². The molecule has 2 heterocycles. The van der Waals surface area contributed by atoms with Crippen LogP contribution >= 0.6 is 0 Å². The fourth-order valence-corrected chi connectivity index (χ4v) is 4.34. The van der Waals surface area contributed by atoms with Gasteiger partial charge in [-0.2, -0.15) is 13.2 Å². The van der Waals surface area contributed by atoms with E-state index in [2.05, 4.69) is 10.6 Å². The summed E-state index contributed by atoms with van der Waals surface area (Å²) < 4.78 is 54.9. The number of hydrogen-bond donors (Lipinski definition) is 2. The van der Waals surface area contributed by atoms with Crippen molar-refractivity contribution in [3.63, 3.8) is 0 Å². The zero-order chi connectivity index (χ0) is 22.0. The molecule has 0 radical (unpaired) electrons. The first-order valence-corrected chi connectivity index (χ1v) is 10.5. The third-order valence-electron chi connectivity index (χ3n) is 5.98. The number of amides is 2. The van der Waals surface area contributed by atoms with Crippen molar-refractivity contribution in [3.8, 4) is 0 Å². The molecule has 3 fully saturated rings. The molecule has 0 unspecified atom stereocenters. The van der Waals surface area contributed by atoms with Crippen LogP contribution in [0.4, 0.5) is 18.0 Å². The Morgan fingerprint density at radius 1 is 0.935 bits per heavy atom. The first kappa shape index (κ1) is 21.9. The number of nitrogens with one attached hydrogen (secondary N) is 2. The van der Waals surface area contributed by atoms with Crippen molar-refractivity contribution in [3.05, 3.63) is 35.4 Å². The molecule has 31 heavy (non-hydrogen) atoms. The van der Waals surface area contributed by atoms with Gasteiger partial charge in [0.25, 0.3) is 5.91 Å². The summed E-state index contributed by atoms with van der Waals surface area (Å²) in [4.78, 5) is 24.6. The molecular weight excluding hydrogens is 417 g/mol. The molecule has 2 amide bonds. The van der Waals surface area contributed by atoms with Gasteiger partial charge in [0.05, 0.1) is 24.8 Å². The van der Waals surface area contributed by atoms with E-state index in [1.807, 2.05) is 0 Å². The molecule has 1 saturated carbocycles. The predicted octanol–water partition coefficient (Wildman–Crippen LogP) is 3.03. The van der Waals surface area contributed by atoms with Gasteiger partial charge in [-0.25, -0.2) is 4.79 Å². The molecule has 1 aliphatic carbocycles. The minimum Gasteiger partial charge on any atom is -0.441 e. The quantitative estimate of drug-likeness (QED) is 0.749. The van der Waals surface area contributed by atoms with Crippen molar-refractivity contribution in [2.45, 2.75) is 68.7 Å². The molecule has 1 aromatic rings. The number of hydrogen-bond acceptors (Lipinski definition) is 5. The second-order valence-electron chi connectivity index (χ2n) is 8.17. The monoisotopic (exact) mass is 442 g/mol. The summed E-state index contributed by atoms with van der Waals surface area (Å²) in [7, 11) is 0. The summed E-state index contributed by atoms with van der Waals surface area (Å²) in [6.07, 6.45) is -1.30. The van der Waals surface area contributed by atoms with Gasteiger partial charge < -0.3 is 24.8 Å². The van der Waals surface area contributed by atoms with Crippen LogP contribution < -0.4 is 10.6 Å². The topological polar surface area (TPSA) is 85.9 Å². The molecule has 0 bridgehead atoms. The maximum absolute atomic E-state index is 12.7. The van der Waals surface area contributed by atoms with Crippen LogP contribution in [0.2, 0.25) is 0 Å². The van der Waals surface area contributed by atoms with Crippen molar-refractivity contribution < 1.29 is 37.0 Å². The largest absolute Gasteiger partial charge is 0.441 e. The summed E-state index contributed by atoms with van der Waals surface area (Å²) in [5, 5.41) is 5.62. The van der Waals surface area contributed by atoms with Crippen LogP contribution in [-0.4, -0.2) is 55.6 Å². The Bertz CT molecular complexity index is 795. The smallest absolute Gasteiger partial charge is 0.416 e. The molecule has 4 atom stereocenters. The normalized spacial score (nSPS) is 28.7. The van der Waals surface area contributed by atoms with E-state index in [4.69, 9.17) is 14.2 Å². The van der Waals surface area contributed by atoms with E-state index >= 15 is 0 Å². The third-order valence-corrected chi connectivity index (χ3v) is 5.98. The van der Waals surface area contributed by atoms with Crippen molar-refractivity contribution in [1.29, 1.82) is 0 Å². The molecule has 1 aromatic carbocycles. The van der Waals surface area contributed by atoms with E-state index in [1.165, 1.54) is 6.42 Å². The lowest BCUT2D eigenvalue weighted by molar-refractivity contribution is -0.137. The molecule has 2 N–H and O–H groups in total. The van der Waals surface area contributed by atoms with Crippen LogP contribution in [0.15, 0.2) is 24.3 Å². The number of rotatable bonds is 4. The second kappa shape index (κ2) is 9.04. The molecule has 10 heteroatoms. The minimum absolute atomic E-state index is 0.106. The Morgan fingerprint density at radius 2 is 1.61 bits per heavy atom. The highest BCUT2D eigenvalue weighted by atomic mass is 19.4. The van der Waals surface area contributed by atoms with Crippen molar-refractivity contribution in [2.75, 3.05) is 13.2 Å². The lowest BCUT2D eigenvalue weighted by Gasteiger charge is -2.24. The number of benzene rings is 1. The van der Waals surface area contributed by atoms with E-state index in [1.54, 1.807) is 0 Å². The number of alkyl carbamates (subject to hydrolysis) is 1. The zero-order valence-electron chi connectivity index (χ0n) is 16.8. The number of halogens is 3. The van der Waals surface area contributed by atoms with Crippen LogP contribution in [0.1, 0.15) is 48.0 Å². The second-order valence-corrected chi connectivity index (χ2v) is 8.17. The van der Waals surface area contributed by atoms with Crippen LogP contribution in [0.5, 0.6) is 0 Å². The fourth-order valence-electron chi connectivity index (χ4n) is 4.34. The summed E-state index contributed by atoms with van der Waals surface area (Å²) >= 11 is 0. The lowest BCUT2D eigenvalue weighted by Crippen LogP contribution is -2.45. The summed E-state index contributed by atoms with van der Waals surface area (Å²) in [6, 6.07) is 3.62. The van der Waals surface area contributed by atoms with E-state index < -0.39 is 48.1 Å². The molecule has 0 aromatic heterocycles. The van der Waals surface area contributed by atoms with Gasteiger partial charge in [-0.15, -0.1) is 0 Å². The van der Waals surface area contributed by atoms with Crippen molar-refractivity contribution in [2.24, 2.45) is 0 Å². The highest BCUT2D eigenvalue weighted by molar-refractivity contribution is 5.94. The van der Waals surface area contributed by atoms with Gasteiger partial charge in [-0.3, -0.25) is 4.79 Å². The predicted molar refractivity (Wildman–Crippen MR) is 102 cm³/mol. The van der Waals surface area contributed by atoms with Crippen LogP contribution in [-0.2, 0) is 20.4 Å². The molecule has 7 nitrogen and oxygen atoms in total. The molecule has 0 spiro atoms. The molecule has 3 aliphatic rings. The number of fused-ring (bicyclic) bond motifs is 1. The molecule has 170 valence electrons. The maximum Gasteiger partial charge on any atom is 0.416 e. The Morgan fingerprint density at radius 3 is 2.29 bits per heavy atom. The summed E-state index contributed by atoms with van der Waals surface area (Å²) in [6.45, 7) is 0.311. The Labute approximate surface area is 177 Å². The van der Waals surface area contributed by atoms with E-state index in [0.29, 0.717) is 0 Å². The molecular formula is C21H25F3N2O5. The average molecular weight is 442 g/mol. The van der Waals surface area contributed by atoms with Gasteiger partial charge in [0.15, 0.2) is 6.10 Å². The van der Waals surface area contributed by atoms with Crippen LogP contribution in [0.3, 0.4) is 0 Å². The molecule has 4 rings (SSSR count). The first-order valence-electron chi connectivity index (χ1n) is 10.5. The lowest BCUT2D eigenvalue weighted by atomic mass is 9.96. The van der Waals surface area contributed by atoms with Crippen LogP contribution in [0, 0.1) is 0 Å². The van der Waals surface area contributed by atoms with Gasteiger partial charge in [0.1, 0.15) is 12.2 Å². The van der Waals surface area contributed by atoms with Gasteiger partial charge in [0.2, 0.25) is 0 Å². The van der Waals surface area contributed by atoms with Gasteiger partial charge in [-0.1, -0.05) is 19.3 Å². The summed E-state index contributed by atoms with van der Waals surface area (Å²) in [5.41, 5.74) is -0.715. The highest BCUT2D eigenvalue weighted by Crippen LogP contribution is 2.31.